The smallest absolute Gasteiger partial charge is 0.234 e. The van der Waals surface area contributed by atoms with Crippen LogP contribution in [0.5, 0.6) is 17.2 Å². The number of anilines is 1. The van der Waals surface area contributed by atoms with Gasteiger partial charge in [0.15, 0.2) is 11.5 Å². The number of rotatable bonds is 8. The number of para-hydroxylation sites is 2. The summed E-state index contributed by atoms with van der Waals surface area (Å²) in [7, 11) is 4.67. The van der Waals surface area contributed by atoms with Gasteiger partial charge in [0, 0.05) is 6.07 Å². The average molecular weight is 401 g/mol. The predicted molar refractivity (Wildman–Crippen MR) is 105 cm³/mol. The van der Waals surface area contributed by atoms with E-state index in [0.717, 1.165) is 0 Å². The zero-order valence-corrected chi connectivity index (χ0v) is 16.4. The summed E-state index contributed by atoms with van der Waals surface area (Å²) in [6.07, 6.45) is 0. The van der Waals surface area contributed by atoms with E-state index in [9.17, 15) is 4.79 Å². The van der Waals surface area contributed by atoms with Gasteiger partial charge >= 0.3 is 0 Å². The van der Waals surface area contributed by atoms with Gasteiger partial charge in [-0.15, -0.1) is 5.10 Å². The van der Waals surface area contributed by atoms with Crippen LogP contribution in [0, 0.1) is 0 Å². The standard InChI is InChI=1S/C18H19N5O4S/c1-25-14-7-5-4-6-13(14)19-17(24)11-28-18-20-21-22-23(18)12-8-9-15(26-2)16(10-12)27-3/h4-10H,11H2,1-3H3,(H,19,24). The fraction of sp³-hybridized carbons (Fsp3) is 0.222. The van der Waals surface area contributed by atoms with Crippen LogP contribution in [-0.2, 0) is 4.79 Å². The molecule has 1 heterocycles. The van der Waals surface area contributed by atoms with E-state index in [1.165, 1.54) is 16.4 Å². The number of amides is 1. The Morgan fingerprint density at radius 3 is 2.54 bits per heavy atom. The lowest BCUT2D eigenvalue weighted by molar-refractivity contribution is -0.113. The molecule has 28 heavy (non-hydrogen) atoms. The number of benzene rings is 2. The second-order valence-corrected chi connectivity index (χ2v) is 6.39. The molecule has 146 valence electrons. The molecule has 3 aromatic rings. The molecular formula is C18H19N5O4S. The van der Waals surface area contributed by atoms with E-state index in [4.69, 9.17) is 14.2 Å². The molecule has 1 amide bonds. The largest absolute Gasteiger partial charge is 0.495 e. The maximum atomic E-state index is 12.3. The van der Waals surface area contributed by atoms with Gasteiger partial charge in [-0.2, -0.15) is 4.68 Å². The summed E-state index contributed by atoms with van der Waals surface area (Å²) in [5.41, 5.74) is 1.30. The molecule has 0 radical (unpaired) electrons. The number of thioether (sulfide) groups is 1. The quantitative estimate of drug-likeness (QED) is 0.575. The van der Waals surface area contributed by atoms with Gasteiger partial charge in [0.25, 0.3) is 0 Å². The SMILES string of the molecule is COc1ccccc1NC(=O)CSc1nnnn1-c1ccc(OC)c(OC)c1. The summed E-state index contributed by atoms with van der Waals surface area (Å²) in [5, 5.41) is 15.0. The Bertz CT molecular complexity index is 963. The third kappa shape index (κ3) is 4.34. The second-order valence-electron chi connectivity index (χ2n) is 5.45. The average Bonchev–Trinajstić information content (AvgIpc) is 3.20. The van der Waals surface area contributed by atoms with Gasteiger partial charge in [0.05, 0.1) is 38.5 Å². The highest BCUT2D eigenvalue weighted by molar-refractivity contribution is 7.99. The van der Waals surface area contributed by atoms with Gasteiger partial charge < -0.3 is 19.5 Å². The molecule has 0 bridgehead atoms. The molecule has 0 aliphatic rings. The van der Waals surface area contributed by atoms with Crippen molar-refractivity contribution in [3.8, 4) is 22.9 Å². The Hall–Kier alpha value is -3.27. The number of nitrogens with one attached hydrogen (secondary N) is 1. The fourth-order valence-corrected chi connectivity index (χ4v) is 3.14. The highest BCUT2D eigenvalue weighted by Gasteiger charge is 2.14. The van der Waals surface area contributed by atoms with Crippen molar-refractivity contribution in [2.45, 2.75) is 5.16 Å². The Morgan fingerprint density at radius 1 is 1.04 bits per heavy atom. The lowest BCUT2D eigenvalue weighted by Gasteiger charge is -2.11. The fourth-order valence-electron chi connectivity index (χ4n) is 2.45. The molecule has 0 saturated carbocycles. The van der Waals surface area contributed by atoms with Gasteiger partial charge in [-0.25, -0.2) is 0 Å². The van der Waals surface area contributed by atoms with Gasteiger partial charge in [-0.05, 0) is 34.7 Å². The van der Waals surface area contributed by atoms with Crippen molar-refractivity contribution in [1.29, 1.82) is 0 Å². The Kier molecular flexibility index (Phi) is 6.33. The summed E-state index contributed by atoms with van der Waals surface area (Å²) >= 11 is 1.21. The molecule has 0 aliphatic heterocycles. The van der Waals surface area contributed by atoms with Gasteiger partial charge in [0.1, 0.15) is 5.75 Å². The maximum absolute atomic E-state index is 12.3. The van der Waals surface area contributed by atoms with Crippen LogP contribution < -0.4 is 19.5 Å². The number of carbonyl (C=O) groups excluding carboxylic acids is 1. The van der Waals surface area contributed by atoms with Crippen LogP contribution >= 0.6 is 11.8 Å². The summed E-state index contributed by atoms with van der Waals surface area (Å²) in [4.78, 5) is 12.3. The van der Waals surface area contributed by atoms with Crippen molar-refractivity contribution in [2.75, 3.05) is 32.4 Å². The van der Waals surface area contributed by atoms with Crippen LogP contribution in [0.25, 0.3) is 5.69 Å². The predicted octanol–water partition coefficient (Wildman–Crippen LogP) is 2.42. The lowest BCUT2D eigenvalue weighted by atomic mass is 10.3. The van der Waals surface area contributed by atoms with Crippen molar-refractivity contribution >= 4 is 23.4 Å². The molecule has 0 unspecified atom stereocenters. The molecule has 0 fully saturated rings. The first-order chi connectivity index (χ1) is 13.7. The van der Waals surface area contributed by atoms with Gasteiger partial charge in [-0.1, -0.05) is 23.9 Å². The molecule has 3 rings (SSSR count). The highest BCUT2D eigenvalue weighted by Crippen LogP contribution is 2.30. The number of tetrazole rings is 1. The zero-order chi connectivity index (χ0) is 19.9. The summed E-state index contributed by atoms with van der Waals surface area (Å²) in [6, 6.07) is 12.5. The third-order valence-corrected chi connectivity index (χ3v) is 4.69. The van der Waals surface area contributed by atoms with E-state index >= 15 is 0 Å². The molecule has 2 aromatic carbocycles. The summed E-state index contributed by atoms with van der Waals surface area (Å²) in [5.74, 6) is 1.68. The minimum Gasteiger partial charge on any atom is -0.495 e. The minimum absolute atomic E-state index is 0.131. The molecule has 1 N–H and O–H groups in total. The van der Waals surface area contributed by atoms with Crippen LogP contribution in [0.4, 0.5) is 5.69 Å². The molecule has 0 atom stereocenters. The summed E-state index contributed by atoms with van der Waals surface area (Å²) in [6.45, 7) is 0. The van der Waals surface area contributed by atoms with Crippen LogP contribution in [-0.4, -0.2) is 53.2 Å². The zero-order valence-electron chi connectivity index (χ0n) is 15.6. The van der Waals surface area contributed by atoms with E-state index in [0.29, 0.717) is 33.8 Å². The van der Waals surface area contributed by atoms with Crippen LogP contribution in [0.15, 0.2) is 47.6 Å². The van der Waals surface area contributed by atoms with Gasteiger partial charge in [0.2, 0.25) is 11.1 Å². The molecule has 0 spiro atoms. The first-order valence-electron chi connectivity index (χ1n) is 8.22. The maximum Gasteiger partial charge on any atom is 0.234 e. The number of hydrogen-bond acceptors (Lipinski definition) is 8. The molecule has 0 saturated heterocycles. The van der Waals surface area contributed by atoms with Crippen molar-refractivity contribution in [1.82, 2.24) is 20.2 Å². The Morgan fingerprint density at radius 2 is 1.79 bits per heavy atom. The normalized spacial score (nSPS) is 10.4. The van der Waals surface area contributed by atoms with Crippen molar-refractivity contribution in [3.05, 3.63) is 42.5 Å². The van der Waals surface area contributed by atoms with Crippen LogP contribution in [0.3, 0.4) is 0 Å². The minimum atomic E-state index is -0.198. The van der Waals surface area contributed by atoms with Crippen molar-refractivity contribution < 1.29 is 19.0 Å². The van der Waals surface area contributed by atoms with Crippen molar-refractivity contribution in [2.24, 2.45) is 0 Å². The molecule has 1 aromatic heterocycles. The first kappa shape index (κ1) is 19.5. The topological polar surface area (TPSA) is 100 Å². The lowest BCUT2D eigenvalue weighted by Crippen LogP contribution is -2.15. The molecular weight excluding hydrogens is 382 g/mol. The number of nitrogens with zero attached hydrogens (tertiary/aromatic N) is 4. The molecule has 10 heteroatoms. The van der Waals surface area contributed by atoms with E-state index in [-0.39, 0.29) is 11.7 Å². The van der Waals surface area contributed by atoms with Crippen LogP contribution in [0.1, 0.15) is 0 Å². The number of hydrogen-bond donors (Lipinski definition) is 1. The van der Waals surface area contributed by atoms with Crippen molar-refractivity contribution in [3.63, 3.8) is 0 Å². The van der Waals surface area contributed by atoms with E-state index in [2.05, 4.69) is 20.8 Å². The number of aromatic nitrogens is 4. The molecule has 0 aliphatic carbocycles. The Labute approximate surface area is 166 Å². The number of methoxy groups -OCH3 is 3. The van der Waals surface area contributed by atoms with Crippen LogP contribution in [0.2, 0.25) is 0 Å². The van der Waals surface area contributed by atoms with E-state index < -0.39 is 0 Å². The highest BCUT2D eigenvalue weighted by atomic mass is 32.2. The summed E-state index contributed by atoms with van der Waals surface area (Å²) < 4.78 is 17.3. The number of carbonyl (C=O) groups is 1. The monoisotopic (exact) mass is 401 g/mol. The van der Waals surface area contributed by atoms with Gasteiger partial charge in [-0.3, -0.25) is 4.79 Å². The van der Waals surface area contributed by atoms with E-state index in [1.807, 2.05) is 12.1 Å². The number of ether oxygens (including phenoxy) is 3. The molecule has 9 nitrogen and oxygen atoms in total. The second kappa shape index (κ2) is 9.09. The Balaban J connectivity index is 1.70. The third-order valence-electron chi connectivity index (χ3n) is 3.77. The first-order valence-corrected chi connectivity index (χ1v) is 9.21. The van der Waals surface area contributed by atoms with E-state index in [1.54, 1.807) is 51.7 Å².